The SMILES string of the molecule is CCCC(C)(C)C(=O)NC(CC(=O)c1ccc2oc3ccccc3c2c1)C(=O)O. The number of aliphatic carboxylic acids is 1. The van der Waals surface area contributed by atoms with Crippen LogP contribution in [0.5, 0.6) is 0 Å². The number of carbonyl (C=O) groups excluding carboxylic acids is 2. The van der Waals surface area contributed by atoms with Crippen molar-refractivity contribution in [2.75, 3.05) is 0 Å². The zero-order valence-corrected chi connectivity index (χ0v) is 16.8. The Morgan fingerprint density at radius 3 is 2.45 bits per heavy atom. The molecule has 29 heavy (non-hydrogen) atoms. The molecule has 0 saturated heterocycles. The van der Waals surface area contributed by atoms with E-state index in [1.165, 1.54) is 0 Å². The number of amides is 1. The lowest BCUT2D eigenvalue weighted by molar-refractivity contribution is -0.143. The van der Waals surface area contributed by atoms with Crippen LogP contribution in [-0.2, 0) is 9.59 Å². The van der Waals surface area contributed by atoms with Gasteiger partial charge in [0.1, 0.15) is 17.2 Å². The highest BCUT2D eigenvalue weighted by molar-refractivity contribution is 6.09. The fourth-order valence-electron chi connectivity index (χ4n) is 3.49. The van der Waals surface area contributed by atoms with Crippen molar-refractivity contribution in [3.05, 3.63) is 48.0 Å². The standard InChI is InChI=1S/C23H25NO5/c1-4-11-23(2,3)22(28)24-17(21(26)27)13-18(25)14-9-10-20-16(12-14)15-7-5-6-8-19(15)29-20/h5-10,12,17H,4,11,13H2,1-3H3,(H,24,28)(H,26,27). The van der Waals surface area contributed by atoms with Gasteiger partial charge in [0.2, 0.25) is 5.91 Å². The monoisotopic (exact) mass is 395 g/mol. The predicted molar refractivity (Wildman–Crippen MR) is 111 cm³/mol. The van der Waals surface area contributed by atoms with Crippen molar-refractivity contribution in [3.63, 3.8) is 0 Å². The molecule has 3 aromatic rings. The fraction of sp³-hybridized carbons (Fsp3) is 0.348. The van der Waals surface area contributed by atoms with Crippen LogP contribution in [0.1, 0.15) is 50.4 Å². The molecule has 0 bridgehead atoms. The minimum Gasteiger partial charge on any atom is -0.480 e. The molecule has 1 unspecified atom stereocenters. The molecule has 6 heteroatoms. The van der Waals surface area contributed by atoms with Gasteiger partial charge in [-0.2, -0.15) is 0 Å². The molecule has 1 atom stereocenters. The number of hydrogen-bond donors (Lipinski definition) is 2. The second-order valence-electron chi connectivity index (χ2n) is 7.93. The molecule has 1 aromatic heterocycles. The molecule has 0 saturated carbocycles. The number of para-hydroxylation sites is 1. The van der Waals surface area contributed by atoms with Gasteiger partial charge < -0.3 is 14.8 Å². The van der Waals surface area contributed by atoms with E-state index in [0.717, 1.165) is 22.8 Å². The number of hydrogen-bond acceptors (Lipinski definition) is 4. The first-order chi connectivity index (χ1) is 13.7. The molecule has 2 N–H and O–H groups in total. The third-order valence-electron chi connectivity index (χ3n) is 5.18. The second-order valence-corrected chi connectivity index (χ2v) is 7.93. The van der Waals surface area contributed by atoms with Crippen LogP contribution >= 0.6 is 0 Å². The molecule has 1 amide bonds. The third-order valence-corrected chi connectivity index (χ3v) is 5.18. The molecule has 6 nitrogen and oxygen atoms in total. The van der Waals surface area contributed by atoms with Crippen molar-refractivity contribution in [2.45, 2.75) is 46.1 Å². The minimum absolute atomic E-state index is 0.315. The Hall–Kier alpha value is -3.15. The van der Waals surface area contributed by atoms with Crippen molar-refractivity contribution < 1.29 is 23.9 Å². The average Bonchev–Trinajstić information content (AvgIpc) is 3.05. The average molecular weight is 395 g/mol. The first kappa shape index (κ1) is 20.6. The number of rotatable bonds is 8. The first-order valence-corrected chi connectivity index (χ1v) is 9.71. The molecular weight excluding hydrogens is 370 g/mol. The lowest BCUT2D eigenvalue weighted by Crippen LogP contribution is -2.47. The van der Waals surface area contributed by atoms with E-state index in [1.54, 1.807) is 32.0 Å². The quantitative estimate of drug-likeness (QED) is 0.545. The molecule has 1 heterocycles. The van der Waals surface area contributed by atoms with E-state index < -0.39 is 17.4 Å². The smallest absolute Gasteiger partial charge is 0.326 e. The van der Waals surface area contributed by atoms with E-state index in [-0.39, 0.29) is 18.1 Å². The van der Waals surface area contributed by atoms with Crippen LogP contribution in [0.2, 0.25) is 0 Å². The van der Waals surface area contributed by atoms with E-state index in [0.29, 0.717) is 17.6 Å². The number of benzene rings is 2. The van der Waals surface area contributed by atoms with E-state index >= 15 is 0 Å². The zero-order chi connectivity index (χ0) is 21.2. The summed E-state index contributed by atoms with van der Waals surface area (Å²) in [6.45, 7) is 5.50. The van der Waals surface area contributed by atoms with Gasteiger partial charge in [-0.25, -0.2) is 4.79 Å². The molecule has 0 radical (unpaired) electrons. The summed E-state index contributed by atoms with van der Waals surface area (Å²) in [5, 5.41) is 13.7. The summed E-state index contributed by atoms with van der Waals surface area (Å²) in [4.78, 5) is 36.9. The topological polar surface area (TPSA) is 96.6 Å². The maximum atomic E-state index is 12.8. The number of furan rings is 1. The van der Waals surface area contributed by atoms with Gasteiger partial charge in [0.25, 0.3) is 0 Å². The van der Waals surface area contributed by atoms with Crippen LogP contribution in [0.25, 0.3) is 21.9 Å². The van der Waals surface area contributed by atoms with E-state index in [4.69, 9.17) is 4.42 Å². The minimum atomic E-state index is -1.28. The summed E-state index contributed by atoms with van der Waals surface area (Å²) >= 11 is 0. The van der Waals surface area contributed by atoms with Crippen molar-refractivity contribution in [1.29, 1.82) is 0 Å². The van der Waals surface area contributed by atoms with Crippen LogP contribution in [0, 0.1) is 5.41 Å². The van der Waals surface area contributed by atoms with Crippen LogP contribution in [-0.4, -0.2) is 28.8 Å². The van der Waals surface area contributed by atoms with Gasteiger partial charge in [0.05, 0.1) is 0 Å². The Morgan fingerprint density at radius 2 is 1.76 bits per heavy atom. The summed E-state index contributed by atoms with van der Waals surface area (Å²) in [6.07, 6.45) is 1.11. The Morgan fingerprint density at radius 1 is 1.07 bits per heavy atom. The first-order valence-electron chi connectivity index (χ1n) is 9.71. The van der Waals surface area contributed by atoms with E-state index in [9.17, 15) is 19.5 Å². The van der Waals surface area contributed by atoms with Crippen molar-refractivity contribution in [3.8, 4) is 0 Å². The van der Waals surface area contributed by atoms with Crippen molar-refractivity contribution in [2.24, 2.45) is 5.41 Å². The molecule has 152 valence electrons. The molecule has 0 spiro atoms. The molecule has 3 rings (SSSR count). The predicted octanol–water partition coefficient (Wildman–Crippen LogP) is 4.55. The van der Waals surface area contributed by atoms with Crippen LogP contribution < -0.4 is 5.32 Å². The van der Waals surface area contributed by atoms with Crippen LogP contribution in [0.15, 0.2) is 46.9 Å². The van der Waals surface area contributed by atoms with Crippen LogP contribution in [0.4, 0.5) is 0 Å². The lowest BCUT2D eigenvalue weighted by atomic mass is 9.86. The lowest BCUT2D eigenvalue weighted by Gasteiger charge is -2.25. The van der Waals surface area contributed by atoms with Crippen LogP contribution in [0.3, 0.4) is 0 Å². The summed E-state index contributed by atoms with van der Waals surface area (Å²) < 4.78 is 5.76. The highest BCUT2D eigenvalue weighted by Crippen LogP contribution is 2.29. The molecule has 0 aliphatic heterocycles. The van der Waals surface area contributed by atoms with E-state index in [1.807, 2.05) is 31.2 Å². The van der Waals surface area contributed by atoms with Crippen molar-refractivity contribution in [1.82, 2.24) is 5.32 Å². The molecule has 0 aliphatic rings. The number of carbonyl (C=O) groups is 3. The maximum Gasteiger partial charge on any atom is 0.326 e. The van der Waals surface area contributed by atoms with Gasteiger partial charge in [-0.05, 0) is 30.7 Å². The zero-order valence-electron chi connectivity index (χ0n) is 16.8. The number of ketones is 1. The van der Waals surface area contributed by atoms with E-state index in [2.05, 4.69) is 5.32 Å². The maximum absolute atomic E-state index is 12.8. The summed E-state index contributed by atoms with van der Waals surface area (Å²) in [5.74, 6) is -1.94. The number of carboxylic acid groups (broad SMARTS) is 1. The molecule has 0 aliphatic carbocycles. The largest absolute Gasteiger partial charge is 0.480 e. The summed E-state index contributed by atoms with van der Waals surface area (Å²) in [5.41, 5.74) is 1.07. The molecule has 0 fully saturated rings. The number of fused-ring (bicyclic) bond motifs is 3. The third kappa shape index (κ3) is 4.31. The Bertz CT molecular complexity index is 1080. The Kier molecular flexibility index (Phi) is 5.73. The summed E-state index contributed by atoms with van der Waals surface area (Å²) in [6, 6.07) is 11.3. The van der Waals surface area contributed by atoms with Gasteiger partial charge >= 0.3 is 5.97 Å². The van der Waals surface area contributed by atoms with Gasteiger partial charge in [0.15, 0.2) is 5.78 Å². The summed E-state index contributed by atoms with van der Waals surface area (Å²) in [7, 11) is 0. The van der Waals surface area contributed by atoms with Crippen molar-refractivity contribution >= 4 is 39.6 Å². The Labute approximate surface area is 168 Å². The van der Waals surface area contributed by atoms with Gasteiger partial charge in [-0.3, -0.25) is 9.59 Å². The normalized spacial score (nSPS) is 12.8. The number of Topliss-reactive ketones (excluding diaryl/α,β-unsaturated/α-hetero) is 1. The Balaban J connectivity index is 1.82. The molecular formula is C23H25NO5. The number of carboxylic acids is 1. The highest BCUT2D eigenvalue weighted by Gasteiger charge is 2.31. The van der Waals surface area contributed by atoms with Gasteiger partial charge in [-0.1, -0.05) is 45.4 Å². The number of nitrogens with one attached hydrogen (secondary N) is 1. The fourth-order valence-corrected chi connectivity index (χ4v) is 3.49. The second kappa shape index (κ2) is 8.07. The molecule has 2 aromatic carbocycles. The van der Waals surface area contributed by atoms with Gasteiger partial charge in [0, 0.05) is 28.2 Å². The highest BCUT2D eigenvalue weighted by atomic mass is 16.4. The van der Waals surface area contributed by atoms with Gasteiger partial charge in [-0.15, -0.1) is 0 Å².